The zero-order valence-electron chi connectivity index (χ0n) is 19.1. The molecular formula is C26H21ClN2O5S2. The fourth-order valence-electron chi connectivity index (χ4n) is 3.47. The largest absolute Gasteiger partial charge is 0.508 e. The van der Waals surface area contributed by atoms with Crippen LogP contribution < -0.4 is 5.32 Å². The molecule has 4 aromatic rings. The lowest BCUT2D eigenvalue weighted by Gasteiger charge is -2.04. The number of aromatic hydroxyl groups is 1. The van der Waals surface area contributed by atoms with Gasteiger partial charge in [0, 0.05) is 11.1 Å². The number of hydrogen-bond acceptors (Lipinski definition) is 7. The zero-order chi connectivity index (χ0) is 25.9. The molecule has 0 aliphatic rings. The molecule has 0 fully saturated rings. The van der Waals surface area contributed by atoms with Crippen LogP contribution in [-0.2, 0) is 21.1 Å². The Labute approximate surface area is 217 Å². The number of thiazole rings is 1. The number of anilines is 1. The number of hydrogen-bond donors (Lipinski definition) is 2. The SMILES string of the molecule is CCS(=O)(=O)c1ccc(CC(=O)Nc2nc(-c3cccc(O)c3)c(C(=O)c3ccccc3Cl)s2)cc1. The first-order valence-electron chi connectivity index (χ1n) is 10.9. The first-order valence-corrected chi connectivity index (χ1v) is 13.7. The van der Waals surface area contributed by atoms with Crippen molar-refractivity contribution in [1.82, 2.24) is 4.98 Å². The van der Waals surface area contributed by atoms with Gasteiger partial charge in [0.15, 0.2) is 15.0 Å². The van der Waals surface area contributed by atoms with Gasteiger partial charge in [-0.2, -0.15) is 0 Å². The number of carbonyl (C=O) groups is 2. The van der Waals surface area contributed by atoms with E-state index in [0.29, 0.717) is 22.4 Å². The Morgan fingerprint density at radius 3 is 2.42 bits per heavy atom. The van der Waals surface area contributed by atoms with Gasteiger partial charge in [-0.3, -0.25) is 9.59 Å². The monoisotopic (exact) mass is 540 g/mol. The van der Waals surface area contributed by atoms with Crippen LogP contribution in [0.4, 0.5) is 5.13 Å². The Kier molecular flexibility index (Phi) is 7.53. The molecule has 0 aliphatic carbocycles. The number of nitrogens with one attached hydrogen (secondary N) is 1. The molecule has 2 N–H and O–H groups in total. The molecule has 1 heterocycles. The van der Waals surface area contributed by atoms with E-state index in [1.54, 1.807) is 55.5 Å². The van der Waals surface area contributed by atoms with Gasteiger partial charge in [0.1, 0.15) is 10.6 Å². The lowest BCUT2D eigenvalue weighted by atomic mass is 10.0. The quantitative estimate of drug-likeness (QED) is 0.290. The number of amides is 1. The standard InChI is InChI=1S/C26H21ClN2O5S2/c1-2-36(33,34)19-12-10-16(11-13-19)14-22(31)28-26-29-23(17-6-5-7-18(30)15-17)25(35-26)24(32)20-8-3-4-9-21(20)27/h3-13,15,30H,2,14H2,1H3,(H,28,29,31). The molecule has 1 aromatic heterocycles. The highest BCUT2D eigenvalue weighted by Gasteiger charge is 2.23. The molecule has 10 heteroatoms. The van der Waals surface area contributed by atoms with Crippen LogP contribution in [0.15, 0.2) is 77.7 Å². The highest BCUT2D eigenvalue weighted by molar-refractivity contribution is 7.91. The molecule has 184 valence electrons. The van der Waals surface area contributed by atoms with E-state index < -0.39 is 9.84 Å². The smallest absolute Gasteiger partial charge is 0.230 e. The third kappa shape index (κ3) is 5.64. The van der Waals surface area contributed by atoms with E-state index in [4.69, 9.17) is 11.6 Å². The van der Waals surface area contributed by atoms with Gasteiger partial charge >= 0.3 is 0 Å². The summed E-state index contributed by atoms with van der Waals surface area (Å²) < 4.78 is 24.0. The normalized spacial score (nSPS) is 11.3. The highest BCUT2D eigenvalue weighted by atomic mass is 35.5. The van der Waals surface area contributed by atoms with Crippen LogP contribution in [0, 0.1) is 0 Å². The average molecular weight is 541 g/mol. The highest BCUT2D eigenvalue weighted by Crippen LogP contribution is 2.35. The number of sulfone groups is 1. The Balaban J connectivity index is 1.61. The molecule has 36 heavy (non-hydrogen) atoms. The van der Waals surface area contributed by atoms with Gasteiger partial charge in [-0.25, -0.2) is 13.4 Å². The molecule has 7 nitrogen and oxygen atoms in total. The van der Waals surface area contributed by atoms with Gasteiger partial charge in [0.25, 0.3) is 0 Å². The molecule has 0 saturated heterocycles. The summed E-state index contributed by atoms with van der Waals surface area (Å²) in [5.41, 5.74) is 1.74. The van der Waals surface area contributed by atoms with Crippen LogP contribution in [0.2, 0.25) is 5.02 Å². The van der Waals surface area contributed by atoms with Gasteiger partial charge in [-0.15, -0.1) is 0 Å². The van der Waals surface area contributed by atoms with Crippen molar-refractivity contribution in [1.29, 1.82) is 0 Å². The molecule has 0 spiro atoms. The maximum atomic E-state index is 13.3. The van der Waals surface area contributed by atoms with E-state index in [1.165, 1.54) is 24.3 Å². The maximum absolute atomic E-state index is 13.3. The second-order valence-corrected chi connectivity index (χ2v) is 11.5. The summed E-state index contributed by atoms with van der Waals surface area (Å²) in [6, 6.07) is 19.1. The Bertz CT molecular complexity index is 1550. The predicted octanol–water partition coefficient (Wildman–Crippen LogP) is 5.37. The average Bonchev–Trinajstić information content (AvgIpc) is 3.28. The van der Waals surface area contributed by atoms with Crippen molar-refractivity contribution in [2.45, 2.75) is 18.2 Å². The van der Waals surface area contributed by atoms with Gasteiger partial charge < -0.3 is 10.4 Å². The summed E-state index contributed by atoms with van der Waals surface area (Å²) in [6.07, 6.45) is -0.0126. The lowest BCUT2D eigenvalue weighted by molar-refractivity contribution is -0.115. The van der Waals surface area contributed by atoms with E-state index in [-0.39, 0.29) is 49.5 Å². The van der Waals surface area contributed by atoms with E-state index in [2.05, 4.69) is 10.3 Å². The molecule has 4 rings (SSSR count). The minimum absolute atomic E-state index is 0.00630. The van der Waals surface area contributed by atoms with Crippen LogP contribution in [0.1, 0.15) is 27.7 Å². The second-order valence-electron chi connectivity index (χ2n) is 7.83. The van der Waals surface area contributed by atoms with Crippen molar-refractivity contribution < 1.29 is 23.1 Å². The topological polar surface area (TPSA) is 113 Å². The molecule has 0 saturated carbocycles. The molecular weight excluding hydrogens is 520 g/mol. The fraction of sp³-hybridized carbons (Fsp3) is 0.115. The molecule has 1 amide bonds. The van der Waals surface area contributed by atoms with Crippen molar-refractivity contribution in [3.63, 3.8) is 0 Å². The third-order valence-corrected chi connectivity index (χ3v) is 8.39. The Hall–Kier alpha value is -3.53. The molecule has 0 radical (unpaired) electrons. The number of benzene rings is 3. The Morgan fingerprint density at radius 1 is 1.03 bits per heavy atom. The number of aromatic nitrogens is 1. The Morgan fingerprint density at radius 2 is 1.75 bits per heavy atom. The van der Waals surface area contributed by atoms with Crippen LogP contribution >= 0.6 is 22.9 Å². The number of ketones is 1. The molecule has 0 unspecified atom stereocenters. The molecule has 0 bridgehead atoms. The number of phenolic OH excluding ortho intramolecular Hbond substituents is 1. The predicted molar refractivity (Wildman–Crippen MR) is 141 cm³/mol. The second kappa shape index (κ2) is 10.6. The molecule has 3 aromatic carbocycles. The minimum Gasteiger partial charge on any atom is -0.508 e. The summed E-state index contributed by atoms with van der Waals surface area (Å²) in [5, 5.41) is 13.1. The molecule has 0 atom stereocenters. The van der Waals surface area contributed by atoms with Crippen LogP contribution in [-0.4, -0.2) is 36.0 Å². The van der Waals surface area contributed by atoms with Gasteiger partial charge in [0.2, 0.25) is 11.7 Å². The summed E-state index contributed by atoms with van der Waals surface area (Å²) >= 11 is 7.25. The number of halogens is 1. The van der Waals surface area contributed by atoms with Crippen molar-refractivity contribution in [3.05, 3.63) is 93.8 Å². The fourth-order valence-corrected chi connectivity index (χ4v) is 5.54. The number of carbonyl (C=O) groups excluding carboxylic acids is 2. The third-order valence-electron chi connectivity index (χ3n) is 5.35. The number of rotatable bonds is 8. The lowest BCUT2D eigenvalue weighted by Crippen LogP contribution is -2.14. The first-order chi connectivity index (χ1) is 17.2. The molecule has 0 aliphatic heterocycles. The van der Waals surface area contributed by atoms with Crippen molar-refractivity contribution in [2.24, 2.45) is 0 Å². The van der Waals surface area contributed by atoms with Gasteiger partial charge in [-0.05, 0) is 42.0 Å². The number of phenols is 1. The van der Waals surface area contributed by atoms with Crippen molar-refractivity contribution >= 4 is 49.6 Å². The minimum atomic E-state index is -3.33. The van der Waals surface area contributed by atoms with Crippen LogP contribution in [0.3, 0.4) is 0 Å². The van der Waals surface area contributed by atoms with Crippen LogP contribution in [0.25, 0.3) is 11.3 Å². The van der Waals surface area contributed by atoms with Crippen molar-refractivity contribution in [2.75, 3.05) is 11.1 Å². The van der Waals surface area contributed by atoms with E-state index in [1.807, 2.05) is 0 Å². The summed E-state index contributed by atoms with van der Waals surface area (Å²) in [4.78, 5) is 31.0. The van der Waals surface area contributed by atoms with Crippen molar-refractivity contribution in [3.8, 4) is 17.0 Å². The summed E-state index contributed by atoms with van der Waals surface area (Å²) in [6.45, 7) is 1.57. The van der Waals surface area contributed by atoms with Crippen LogP contribution in [0.5, 0.6) is 5.75 Å². The number of nitrogens with zero attached hydrogens (tertiary/aromatic N) is 1. The van der Waals surface area contributed by atoms with E-state index in [0.717, 1.165) is 11.3 Å². The zero-order valence-corrected chi connectivity index (χ0v) is 21.5. The first kappa shape index (κ1) is 25.6. The maximum Gasteiger partial charge on any atom is 0.230 e. The summed E-state index contributed by atoms with van der Waals surface area (Å²) in [5.74, 6) is -0.734. The van der Waals surface area contributed by atoms with Gasteiger partial charge in [0.05, 0.1) is 27.8 Å². The van der Waals surface area contributed by atoms with E-state index >= 15 is 0 Å². The summed E-state index contributed by atoms with van der Waals surface area (Å²) in [7, 11) is -3.33. The van der Waals surface area contributed by atoms with Gasteiger partial charge in [-0.1, -0.05) is 66.3 Å². The van der Waals surface area contributed by atoms with E-state index in [9.17, 15) is 23.1 Å².